The van der Waals surface area contributed by atoms with Crippen LogP contribution in [0.25, 0.3) is 5.69 Å². The Morgan fingerprint density at radius 3 is 2.46 bits per heavy atom. The highest BCUT2D eigenvalue weighted by molar-refractivity contribution is 6.33. The molecule has 1 aromatic heterocycles. The van der Waals surface area contributed by atoms with E-state index in [4.69, 9.17) is 32.2 Å². The van der Waals surface area contributed by atoms with Gasteiger partial charge in [0.25, 0.3) is 5.56 Å². The van der Waals surface area contributed by atoms with Crippen molar-refractivity contribution in [2.24, 2.45) is 7.05 Å². The maximum absolute atomic E-state index is 14.6. The van der Waals surface area contributed by atoms with Crippen LogP contribution in [0.4, 0.5) is 17.6 Å². The summed E-state index contributed by atoms with van der Waals surface area (Å²) in [7, 11) is 0.731. The lowest BCUT2D eigenvalue weighted by Crippen LogP contribution is -2.41. The van der Waals surface area contributed by atoms with E-state index >= 15 is 0 Å². The van der Waals surface area contributed by atoms with Crippen molar-refractivity contribution < 1.29 is 41.4 Å². The predicted octanol–water partition coefficient (Wildman–Crippen LogP) is 2.09. The van der Waals surface area contributed by atoms with E-state index in [-0.39, 0.29) is 35.0 Å². The van der Waals surface area contributed by atoms with Crippen molar-refractivity contribution in [2.45, 2.75) is 19.2 Å². The second kappa shape index (κ2) is 11.2. The predicted molar refractivity (Wildman–Crippen MR) is 113 cm³/mol. The Morgan fingerprint density at radius 2 is 1.86 bits per heavy atom. The Bertz CT molecular complexity index is 1290. The molecule has 0 aliphatic carbocycles. The van der Waals surface area contributed by atoms with Gasteiger partial charge < -0.3 is 14.2 Å². The smallest absolute Gasteiger partial charge is 0.431 e. The molecule has 0 spiro atoms. The summed E-state index contributed by atoms with van der Waals surface area (Å²) in [5, 5.41) is -0.517. The Labute approximate surface area is 199 Å². The number of hydrogen-bond donors (Lipinski definition) is 0. The number of esters is 2. The van der Waals surface area contributed by atoms with Gasteiger partial charge >= 0.3 is 23.8 Å². The summed E-state index contributed by atoms with van der Waals surface area (Å²) < 4.78 is 68.6. The third-order valence-corrected chi connectivity index (χ3v) is 4.69. The number of rotatable bonds is 8. The minimum atomic E-state index is -5.03. The first-order valence-electron chi connectivity index (χ1n) is 9.58. The number of terminal acetylenes is 1. The number of benzene rings is 1. The van der Waals surface area contributed by atoms with Crippen LogP contribution in [0.1, 0.15) is 23.0 Å². The fraction of sp³-hybridized carbons (Fsp3) is 0.333. The van der Waals surface area contributed by atoms with Crippen molar-refractivity contribution in [3.05, 3.63) is 61.1 Å². The van der Waals surface area contributed by atoms with Gasteiger partial charge in [-0.3, -0.25) is 9.36 Å². The molecule has 0 fully saturated rings. The number of aromatic nitrogens is 2. The summed E-state index contributed by atoms with van der Waals surface area (Å²) in [4.78, 5) is 49.1. The van der Waals surface area contributed by atoms with Crippen LogP contribution in [0, 0.1) is 18.2 Å². The molecule has 1 atom stereocenters. The third kappa shape index (κ3) is 6.49. The molecule has 0 bridgehead atoms. The van der Waals surface area contributed by atoms with E-state index in [2.05, 4.69) is 5.92 Å². The van der Waals surface area contributed by atoms with E-state index in [0.29, 0.717) is 12.1 Å². The molecular weight excluding hydrogens is 504 g/mol. The second-order valence-electron chi connectivity index (χ2n) is 6.80. The summed E-state index contributed by atoms with van der Waals surface area (Å²) in [5.74, 6) is -1.31. The Morgan fingerprint density at radius 1 is 1.20 bits per heavy atom. The third-order valence-electron chi connectivity index (χ3n) is 4.38. The molecule has 0 N–H and O–H groups in total. The fourth-order valence-electron chi connectivity index (χ4n) is 2.71. The number of carbonyl (C=O) groups excluding carboxylic acids is 2. The van der Waals surface area contributed by atoms with E-state index < -0.39 is 63.3 Å². The van der Waals surface area contributed by atoms with E-state index in [9.17, 15) is 36.7 Å². The molecule has 1 heterocycles. The Hall–Kier alpha value is -3.63. The first-order chi connectivity index (χ1) is 16.3. The van der Waals surface area contributed by atoms with Gasteiger partial charge in [0, 0.05) is 13.1 Å². The van der Waals surface area contributed by atoms with E-state index in [1.54, 1.807) is 0 Å². The van der Waals surface area contributed by atoms with Gasteiger partial charge in [-0.2, -0.15) is 13.2 Å². The number of alkyl halides is 3. The maximum atomic E-state index is 14.6. The lowest BCUT2D eigenvalue weighted by Gasteiger charge is -2.16. The summed E-state index contributed by atoms with van der Waals surface area (Å²) >= 11 is 5.87. The second-order valence-corrected chi connectivity index (χ2v) is 7.20. The van der Waals surface area contributed by atoms with Gasteiger partial charge in [0.1, 0.15) is 24.7 Å². The van der Waals surface area contributed by atoms with Crippen LogP contribution < -0.4 is 11.2 Å². The van der Waals surface area contributed by atoms with Crippen LogP contribution >= 0.6 is 11.6 Å². The minimum absolute atomic E-state index is 0.00138. The molecule has 188 valence electrons. The highest BCUT2D eigenvalue weighted by Crippen LogP contribution is 2.28. The molecule has 0 amide bonds. The van der Waals surface area contributed by atoms with Crippen LogP contribution in [0.2, 0.25) is 5.02 Å². The topological polar surface area (TPSA) is 106 Å². The molecule has 0 saturated carbocycles. The van der Waals surface area contributed by atoms with Crippen LogP contribution in [0.15, 0.2) is 27.8 Å². The fourth-order valence-corrected chi connectivity index (χ4v) is 2.93. The van der Waals surface area contributed by atoms with Crippen molar-refractivity contribution in [3.63, 3.8) is 0 Å². The number of ether oxygens (including phenoxy) is 3. The van der Waals surface area contributed by atoms with Gasteiger partial charge in [0.05, 0.1) is 22.9 Å². The van der Waals surface area contributed by atoms with Gasteiger partial charge in [-0.1, -0.05) is 17.5 Å². The zero-order valence-corrected chi connectivity index (χ0v) is 18.9. The highest BCUT2D eigenvalue weighted by atomic mass is 35.5. The molecular formula is C21H17ClF4N2O7. The zero-order valence-electron chi connectivity index (χ0n) is 18.2. The van der Waals surface area contributed by atoms with E-state index in [0.717, 1.165) is 14.0 Å². The molecule has 0 aliphatic rings. The molecule has 1 aromatic carbocycles. The van der Waals surface area contributed by atoms with Crippen LogP contribution in [0.3, 0.4) is 0 Å². The van der Waals surface area contributed by atoms with Gasteiger partial charge in [-0.25, -0.2) is 23.3 Å². The van der Waals surface area contributed by atoms with Crippen molar-refractivity contribution in [2.75, 3.05) is 19.8 Å². The zero-order chi connectivity index (χ0) is 26.5. The summed E-state index contributed by atoms with van der Waals surface area (Å²) in [6.45, 7) is 0.959. The lowest BCUT2D eigenvalue weighted by atomic mass is 10.2. The maximum Gasteiger partial charge on any atom is 0.431 e. The first kappa shape index (κ1) is 27.6. The quantitative estimate of drug-likeness (QED) is 0.227. The molecule has 35 heavy (non-hydrogen) atoms. The molecule has 0 saturated heterocycles. The van der Waals surface area contributed by atoms with Crippen LogP contribution in [-0.2, 0) is 32.2 Å². The van der Waals surface area contributed by atoms with Crippen LogP contribution in [0.5, 0.6) is 0 Å². The number of nitrogens with zero attached hydrogens (tertiary/aromatic N) is 2. The molecule has 1 unspecified atom stereocenters. The van der Waals surface area contributed by atoms with Crippen LogP contribution in [-0.4, -0.2) is 47.0 Å². The van der Waals surface area contributed by atoms with E-state index in [1.807, 2.05) is 0 Å². The van der Waals surface area contributed by atoms with Crippen molar-refractivity contribution in [1.82, 2.24) is 9.13 Å². The molecule has 2 rings (SSSR count). The summed E-state index contributed by atoms with van der Waals surface area (Å²) in [6.07, 6.45) is -1.50. The normalized spacial score (nSPS) is 12.1. The standard InChI is InChI=1S/C21H17ClF4N2O7/c1-4-5-33-6-7-34-18(30)11(2)35-19(31)12-8-15(14(23)9-13(12)22)28-17(29)10-16(21(24,25)26)27(3)20(28)32/h1,8-11H,5-7H2,2-3H3. The van der Waals surface area contributed by atoms with Gasteiger partial charge in [-0.15, -0.1) is 6.42 Å². The minimum Gasteiger partial charge on any atom is -0.461 e. The molecule has 0 aliphatic heterocycles. The van der Waals surface area contributed by atoms with E-state index in [1.165, 1.54) is 0 Å². The molecule has 14 heteroatoms. The summed E-state index contributed by atoms with van der Waals surface area (Å²) in [6, 6.07) is 1.30. The number of hydrogen-bond acceptors (Lipinski definition) is 7. The van der Waals surface area contributed by atoms with Gasteiger partial charge in [0.15, 0.2) is 6.10 Å². The SMILES string of the molecule is C#CCOCCOC(=O)C(C)OC(=O)c1cc(-n2c(=O)cc(C(F)(F)F)n(C)c2=O)c(F)cc1Cl. The Kier molecular flexibility index (Phi) is 8.83. The number of carbonyl (C=O) groups is 2. The van der Waals surface area contributed by atoms with Crippen molar-refractivity contribution in [1.29, 1.82) is 0 Å². The molecule has 9 nitrogen and oxygen atoms in total. The molecule has 0 radical (unpaired) electrons. The van der Waals surface area contributed by atoms with Gasteiger partial charge in [-0.05, 0) is 19.1 Å². The van der Waals surface area contributed by atoms with Crippen molar-refractivity contribution in [3.8, 4) is 18.0 Å². The average Bonchev–Trinajstić information content (AvgIpc) is 2.76. The average molecular weight is 521 g/mol. The van der Waals surface area contributed by atoms with Crippen molar-refractivity contribution >= 4 is 23.5 Å². The lowest BCUT2D eigenvalue weighted by molar-refractivity contribution is -0.154. The molecule has 2 aromatic rings. The largest absolute Gasteiger partial charge is 0.461 e. The monoisotopic (exact) mass is 520 g/mol. The highest BCUT2D eigenvalue weighted by Gasteiger charge is 2.35. The Balaban J connectivity index is 2.35. The van der Waals surface area contributed by atoms with Gasteiger partial charge in [0.2, 0.25) is 0 Å². The summed E-state index contributed by atoms with van der Waals surface area (Å²) in [5.41, 5.74) is -6.04. The first-order valence-corrected chi connectivity index (χ1v) is 9.95. The number of halogens is 5.